The molecule has 3 rings (SSSR count). The third-order valence-electron chi connectivity index (χ3n) is 3.49. The van der Waals surface area contributed by atoms with E-state index in [0.717, 1.165) is 9.26 Å². The van der Waals surface area contributed by atoms with Crippen molar-refractivity contribution < 1.29 is 13.2 Å². The van der Waals surface area contributed by atoms with Gasteiger partial charge < -0.3 is 4.90 Å². The van der Waals surface area contributed by atoms with Crippen molar-refractivity contribution in [3.05, 3.63) is 27.8 Å². The number of carbonyl (C=O) groups excluding carboxylic acids is 1. The number of thioether (sulfide) groups is 1. The molecule has 2 fully saturated rings. The highest BCUT2D eigenvalue weighted by Gasteiger charge is 2.49. The molecule has 2 aliphatic heterocycles. The number of nitrogens with zero attached hydrogens (tertiary/aromatic N) is 2. The van der Waals surface area contributed by atoms with Crippen LogP contribution in [0.4, 0.5) is 5.69 Å². The van der Waals surface area contributed by atoms with E-state index >= 15 is 0 Å². The number of hydrogen-bond acceptors (Lipinski definition) is 4. The monoisotopic (exact) mass is 470 g/mol. The van der Waals surface area contributed by atoms with E-state index in [1.807, 2.05) is 29.2 Å². The summed E-state index contributed by atoms with van der Waals surface area (Å²) in [6.45, 7) is 0. The van der Waals surface area contributed by atoms with Gasteiger partial charge in [0, 0.05) is 14.5 Å². The van der Waals surface area contributed by atoms with Crippen LogP contribution >= 0.6 is 46.0 Å². The van der Waals surface area contributed by atoms with Crippen molar-refractivity contribution in [2.45, 2.75) is 11.3 Å². The predicted octanol–water partition coefficient (Wildman–Crippen LogP) is 2.13. The minimum absolute atomic E-state index is 0.0875. The number of halogens is 2. The number of aliphatic imine (C=N–C) groups is 1. The molecule has 0 radical (unpaired) electrons. The number of alkyl halides is 1. The van der Waals surface area contributed by atoms with Crippen LogP contribution in [-0.4, -0.2) is 48.2 Å². The third kappa shape index (κ3) is 3.29. The lowest BCUT2D eigenvalue weighted by Crippen LogP contribution is -2.37. The summed E-state index contributed by atoms with van der Waals surface area (Å²) in [6, 6.07) is 7.53. The van der Waals surface area contributed by atoms with Gasteiger partial charge in [-0.3, -0.25) is 4.79 Å². The number of benzene rings is 1. The second-order valence-electron chi connectivity index (χ2n) is 5.07. The van der Waals surface area contributed by atoms with E-state index in [1.54, 1.807) is 0 Å². The molecule has 0 spiro atoms. The van der Waals surface area contributed by atoms with Crippen LogP contribution in [0.3, 0.4) is 0 Å². The predicted molar refractivity (Wildman–Crippen MR) is 98.6 cm³/mol. The zero-order valence-electron chi connectivity index (χ0n) is 11.3. The first kappa shape index (κ1) is 16.5. The van der Waals surface area contributed by atoms with Gasteiger partial charge in [0.1, 0.15) is 5.88 Å². The second-order valence-corrected chi connectivity index (χ2v) is 9.95. The van der Waals surface area contributed by atoms with Crippen molar-refractivity contribution in [3.63, 3.8) is 0 Å². The van der Waals surface area contributed by atoms with Gasteiger partial charge in [-0.1, -0.05) is 17.8 Å². The van der Waals surface area contributed by atoms with E-state index in [2.05, 4.69) is 27.6 Å². The summed E-state index contributed by atoms with van der Waals surface area (Å²) < 4.78 is 24.8. The first-order valence-corrected chi connectivity index (χ1v) is 10.8. The van der Waals surface area contributed by atoms with Crippen molar-refractivity contribution in [1.29, 1.82) is 0 Å². The Morgan fingerprint density at radius 3 is 2.91 bits per heavy atom. The molecule has 1 aromatic rings. The summed E-state index contributed by atoms with van der Waals surface area (Å²) in [7, 11) is -3.04. The largest absolute Gasteiger partial charge is 0.316 e. The van der Waals surface area contributed by atoms with Crippen LogP contribution in [0.1, 0.15) is 0 Å². The normalized spacial score (nSPS) is 28.1. The molecular formula is C13H12ClIN2O3S2. The Labute approximate surface area is 151 Å². The maximum absolute atomic E-state index is 11.9. The number of amidine groups is 1. The van der Waals surface area contributed by atoms with Gasteiger partial charge in [0.25, 0.3) is 5.91 Å². The summed E-state index contributed by atoms with van der Waals surface area (Å²) in [5.74, 6) is -0.388. The quantitative estimate of drug-likeness (QED) is 0.489. The fraction of sp³-hybridized carbons (Fsp3) is 0.385. The van der Waals surface area contributed by atoms with Gasteiger partial charge in [-0.25, -0.2) is 8.42 Å². The zero-order valence-corrected chi connectivity index (χ0v) is 15.8. The van der Waals surface area contributed by atoms with Crippen molar-refractivity contribution in [2.24, 2.45) is 4.99 Å². The number of rotatable bonds is 2. The second kappa shape index (κ2) is 6.29. The fourth-order valence-corrected chi connectivity index (χ4v) is 7.15. The Kier molecular flexibility index (Phi) is 4.73. The SMILES string of the molecule is O=C(CCl)N=C1SC2CS(=O)(=O)CC2N1c1cccc(I)c1. The van der Waals surface area contributed by atoms with Gasteiger partial charge in [-0.15, -0.1) is 11.6 Å². The van der Waals surface area contributed by atoms with Gasteiger partial charge in [0.05, 0.1) is 17.5 Å². The summed E-state index contributed by atoms with van der Waals surface area (Å²) >= 11 is 9.08. The fourth-order valence-electron chi connectivity index (χ4n) is 2.63. The summed E-state index contributed by atoms with van der Waals surface area (Å²) in [6.07, 6.45) is 0. The molecule has 0 aliphatic carbocycles. The van der Waals surface area contributed by atoms with Gasteiger partial charge in [-0.05, 0) is 40.8 Å². The highest BCUT2D eigenvalue weighted by molar-refractivity contribution is 14.1. The molecule has 118 valence electrons. The molecule has 0 bridgehead atoms. The average molecular weight is 471 g/mol. The summed E-state index contributed by atoms with van der Waals surface area (Å²) in [5, 5.41) is 0.447. The topological polar surface area (TPSA) is 66.8 Å². The number of anilines is 1. The molecule has 0 saturated carbocycles. The highest BCUT2D eigenvalue weighted by atomic mass is 127. The molecule has 9 heteroatoms. The molecule has 2 heterocycles. The first-order chi connectivity index (χ1) is 10.4. The number of sulfone groups is 1. The van der Waals surface area contributed by atoms with E-state index in [1.165, 1.54) is 11.8 Å². The van der Waals surface area contributed by atoms with Gasteiger partial charge in [-0.2, -0.15) is 4.99 Å². The van der Waals surface area contributed by atoms with Crippen LogP contribution in [0.15, 0.2) is 29.3 Å². The Morgan fingerprint density at radius 1 is 1.45 bits per heavy atom. The summed E-state index contributed by atoms with van der Waals surface area (Å²) in [4.78, 5) is 17.5. The Morgan fingerprint density at radius 2 is 2.23 bits per heavy atom. The molecular weight excluding hydrogens is 459 g/mol. The highest BCUT2D eigenvalue weighted by Crippen LogP contribution is 2.41. The molecule has 2 saturated heterocycles. The number of hydrogen-bond donors (Lipinski definition) is 0. The van der Waals surface area contributed by atoms with Gasteiger partial charge >= 0.3 is 0 Å². The molecule has 2 aliphatic rings. The lowest BCUT2D eigenvalue weighted by molar-refractivity contribution is -0.115. The van der Waals surface area contributed by atoms with E-state index < -0.39 is 15.7 Å². The molecule has 1 amide bonds. The smallest absolute Gasteiger partial charge is 0.262 e. The molecule has 2 unspecified atom stereocenters. The molecule has 22 heavy (non-hydrogen) atoms. The average Bonchev–Trinajstić information content (AvgIpc) is 2.89. The number of carbonyl (C=O) groups is 1. The van der Waals surface area contributed by atoms with Crippen molar-refractivity contribution >= 4 is 72.6 Å². The van der Waals surface area contributed by atoms with Crippen molar-refractivity contribution in [1.82, 2.24) is 0 Å². The van der Waals surface area contributed by atoms with E-state index in [0.29, 0.717) is 5.17 Å². The van der Waals surface area contributed by atoms with Crippen molar-refractivity contribution in [3.8, 4) is 0 Å². The van der Waals surface area contributed by atoms with E-state index in [4.69, 9.17) is 11.6 Å². The molecule has 1 aromatic carbocycles. The van der Waals surface area contributed by atoms with Crippen LogP contribution in [0.5, 0.6) is 0 Å². The molecule has 2 atom stereocenters. The molecule has 0 aromatic heterocycles. The minimum atomic E-state index is -3.04. The van der Waals surface area contributed by atoms with Gasteiger partial charge in [0.15, 0.2) is 15.0 Å². The van der Waals surface area contributed by atoms with E-state index in [-0.39, 0.29) is 28.7 Å². The van der Waals surface area contributed by atoms with Crippen molar-refractivity contribution in [2.75, 3.05) is 22.3 Å². The van der Waals surface area contributed by atoms with E-state index in [9.17, 15) is 13.2 Å². The lowest BCUT2D eigenvalue weighted by atomic mass is 10.2. The lowest BCUT2D eigenvalue weighted by Gasteiger charge is -2.24. The Hall–Kier alpha value is -0.320. The number of amides is 1. The maximum Gasteiger partial charge on any atom is 0.262 e. The first-order valence-electron chi connectivity index (χ1n) is 6.49. The Bertz CT molecular complexity index is 753. The van der Waals surface area contributed by atoms with Crippen LogP contribution in [0.25, 0.3) is 0 Å². The number of fused-ring (bicyclic) bond motifs is 1. The molecule has 5 nitrogen and oxygen atoms in total. The minimum Gasteiger partial charge on any atom is -0.316 e. The van der Waals surface area contributed by atoms with Gasteiger partial charge in [0.2, 0.25) is 0 Å². The maximum atomic E-state index is 11.9. The van der Waals surface area contributed by atoms with Crippen LogP contribution in [0, 0.1) is 3.57 Å². The van der Waals surface area contributed by atoms with Crippen LogP contribution < -0.4 is 4.90 Å². The molecule has 0 N–H and O–H groups in total. The van der Waals surface area contributed by atoms with Crippen LogP contribution in [0.2, 0.25) is 0 Å². The zero-order chi connectivity index (χ0) is 15.9. The Balaban J connectivity index is 2.03. The standard InChI is InChI=1S/C13H12ClIN2O3S2/c14-5-12(18)16-13-17(9-3-1-2-8(15)4-9)10-6-22(19,20)7-11(10)21-13/h1-4,10-11H,5-7H2. The third-order valence-corrected chi connectivity index (χ3v) is 7.60. The van der Waals surface area contributed by atoms with Crippen LogP contribution in [-0.2, 0) is 14.6 Å². The summed E-state index contributed by atoms with van der Waals surface area (Å²) in [5.41, 5.74) is 0.852.